The summed E-state index contributed by atoms with van der Waals surface area (Å²) in [5, 5.41) is 3.57. The van der Waals surface area contributed by atoms with Crippen molar-refractivity contribution in [1.29, 1.82) is 0 Å². The molecule has 96 valence electrons. The Hall–Kier alpha value is -1.39. The number of nitrogens with zero attached hydrogens (tertiary/aromatic N) is 1. The number of nitrogens with one attached hydrogen (secondary N) is 2. The molecule has 3 rings (SSSR count). The quantitative estimate of drug-likeness (QED) is 0.770. The minimum Gasteiger partial charge on any atom is -0.342 e. The first-order chi connectivity index (χ1) is 8.88. The van der Waals surface area contributed by atoms with Crippen molar-refractivity contribution in [2.75, 3.05) is 13.1 Å². The molecule has 4 nitrogen and oxygen atoms in total. The lowest BCUT2D eigenvalue weighted by molar-refractivity contribution is 0.346. The fourth-order valence-corrected chi connectivity index (χ4v) is 2.84. The number of aromatic nitrogens is 2. The number of fused-ring (bicyclic) bond motifs is 1. The number of hydrogen-bond acceptors (Lipinski definition) is 3. The fourth-order valence-electron chi connectivity index (χ4n) is 2.84. The maximum atomic E-state index is 5.96. The lowest BCUT2D eigenvalue weighted by atomic mass is 9.91. The first kappa shape index (κ1) is 11.7. The number of imidazole rings is 1. The Balaban J connectivity index is 1.90. The van der Waals surface area contributed by atoms with Crippen molar-refractivity contribution >= 4 is 11.0 Å². The highest BCUT2D eigenvalue weighted by atomic mass is 15.0. The molecule has 18 heavy (non-hydrogen) atoms. The zero-order valence-corrected chi connectivity index (χ0v) is 10.5. The molecule has 0 radical (unpaired) electrons. The van der Waals surface area contributed by atoms with Gasteiger partial charge in [0.15, 0.2) is 0 Å². The molecule has 1 aliphatic heterocycles. The number of piperidine rings is 1. The summed E-state index contributed by atoms with van der Waals surface area (Å²) >= 11 is 0. The average Bonchev–Trinajstić information content (AvgIpc) is 2.84. The molecule has 4 heteroatoms. The Labute approximate surface area is 107 Å². The molecular weight excluding hydrogens is 224 g/mol. The topological polar surface area (TPSA) is 66.7 Å². The molecule has 0 bridgehead atoms. The van der Waals surface area contributed by atoms with Crippen LogP contribution in [0.15, 0.2) is 24.3 Å². The summed E-state index contributed by atoms with van der Waals surface area (Å²) in [6.07, 6.45) is 3.75. The summed E-state index contributed by atoms with van der Waals surface area (Å²) in [7, 11) is 0. The van der Waals surface area contributed by atoms with Crippen LogP contribution in [0.5, 0.6) is 0 Å². The Kier molecular flexibility index (Phi) is 3.30. The molecule has 0 saturated carbocycles. The van der Waals surface area contributed by atoms with E-state index in [1.165, 1.54) is 19.3 Å². The van der Waals surface area contributed by atoms with Gasteiger partial charge in [0.2, 0.25) is 0 Å². The number of rotatable bonds is 3. The fraction of sp³-hybridized carbons (Fsp3) is 0.500. The van der Waals surface area contributed by atoms with Crippen LogP contribution >= 0.6 is 0 Å². The summed E-state index contributed by atoms with van der Waals surface area (Å²) in [5.74, 6) is 1.32. The second kappa shape index (κ2) is 5.08. The molecule has 0 amide bonds. The molecule has 2 atom stereocenters. The van der Waals surface area contributed by atoms with Gasteiger partial charge in [-0.3, -0.25) is 0 Å². The first-order valence-electron chi connectivity index (χ1n) is 6.76. The summed E-state index contributed by atoms with van der Waals surface area (Å²) in [4.78, 5) is 8.10. The molecular formula is C14H20N4. The van der Waals surface area contributed by atoms with E-state index >= 15 is 0 Å². The lowest BCUT2D eigenvalue weighted by Crippen LogP contribution is -2.41. The molecule has 2 aromatic rings. The highest BCUT2D eigenvalue weighted by Crippen LogP contribution is 2.24. The third kappa shape index (κ3) is 2.13. The van der Waals surface area contributed by atoms with Gasteiger partial charge < -0.3 is 16.0 Å². The van der Waals surface area contributed by atoms with Gasteiger partial charge in [-0.25, -0.2) is 4.98 Å². The van der Waals surface area contributed by atoms with Gasteiger partial charge in [0.1, 0.15) is 5.82 Å². The average molecular weight is 244 g/mol. The molecule has 2 unspecified atom stereocenters. The third-order valence-electron chi connectivity index (χ3n) is 3.85. The van der Waals surface area contributed by atoms with Crippen molar-refractivity contribution in [2.45, 2.75) is 31.2 Å². The Morgan fingerprint density at radius 2 is 2.22 bits per heavy atom. The van der Waals surface area contributed by atoms with E-state index in [0.29, 0.717) is 12.6 Å². The minimum absolute atomic E-state index is 0.290. The van der Waals surface area contributed by atoms with Crippen LogP contribution in [0.25, 0.3) is 11.0 Å². The van der Waals surface area contributed by atoms with E-state index in [1.807, 2.05) is 18.2 Å². The lowest BCUT2D eigenvalue weighted by Gasteiger charge is -2.29. The number of para-hydroxylation sites is 2. The van der Waals surface area contributed by atoms with Crippen molar-refractivity contribution in [3.05, 3.63) is 30.1 Å². The molecule has 0 aliphatic carbocycles. The molecule has 0 spiro atoms. The summed E-state index contributed by atoms with van der Waals surface area (Å²) in [6.45, 7) is 1.74. The normalized spacial score (nSPS) is 22.2. The van der Waals surface area contributed by atoms with Gasteiger partial charge in [-0.2, -0.15) is 0 Å². The zero-order chi connectivity index (χ0) is 12.4. The van der Waals surface area contributed by atoms with Gasteiger partial charge in [-0.15, -0.1) is 0 Å². The number of aromatic amines is 1. The predicted molar refractivity (Wildman–Crippen MR) is 73.5 cm³/mol. The second-order valence-corrected chi connectivity index (χ2v) is 5.04. The minimum atomic E-state index is 0.290. The van der Waals surface area contributed by atoms with Gasteiger partial charge in [0.25, 0.3) is 0 Å². The van der Waals surface area contributed by atoms with E-state index in [1.54, 1.807) is 0 Å². The van der Waals surface area contributed by atoms with E-state index in [0.717, 1.165) is 23.4 Å². The van der Waals surface area contributed by atoms with Crippen molar-refractivity contribution in [3.63, 3.8) is 0 Å². The van der Waals surface area contributed by atoms with Crippen molar-refractivity contribution in [1.82, 2.24) is 15.3 Å². The predicted octanol–water partition coefficient (Wildman–Crippen LogP) is 1.75. The smallest absolute Gasteiger partial charge is 0.113 e. The molecule has 4 N–H and O–H groups in total. The zero-order valence-electron chi connectivity index (χ0n) is 10.5. The highest BCUT2D eigenvalue weighted by Gasteiger charge is 2.25. The van der Waals surface area contributed by atoms with E-state index in [-0.39, 0.29) is 5.92 Å². The number of hydrogen-bond donors (Lipinski definition) is 3. The highest BCUT2D eigenvalue weighted by molar-refractivity contribution is 5.74. The molecule has 2 heterocycles. The van der Waals surface area contributed by atoms with E-state index < -0.39 is 0 Å². The number of benzene rings is 1. The van der Waals surface area contributed by atoms with Crippen LogP contribution < -0.4 is 11.1 Å². The Bertz CT molecular complexity index is 480. The summed E-state index contributed by atoms with van der Waals surface area (Å²) in [5.41, 5.74) is 8.09. The summed E-state index contributed by atoms with van der Waals surface area (Å²) < 4.78 is 0. The van der Waals surface area contributed by atoms with Crippen molar-refractivity contribution in [2.24, 2.45) is 5.73 Å². The number of H-pyrrole nitrogens is 1. The van der Waals surface area contributed by atoms with Crippen LogP contribution in [0.1, 0.15) is 31.0 Å². The second-order valence-electron chi connectivity index (χ2n) is 5.04. The van der Waals surface area contributed by atoms with E-state index in [4.69, 9.17) is 5.73 Å². The largest absolute Gasteiger partial charge is 0.342 e. The standard InChI is InChI=1S/C14H20N4/c15-9-10(11-5-3-4-8-16-11)14-17-12-6-1-2-7-13(12)18-14/h1-2,6-7,10-11,16H,3-5,8-9,15H2,(H,17,18). The molecule has 1 fully saturated rings. The van der Waals surface area contributed by atoms with Crippen LogP contribution in [0.4, 0.5) is 0 Å². The van der Waals surface area contributed by atoms with Gasteiger partial charge in [0.05, 0.1) is 11.0 Å². The van der Waals surface area contributed by atoms with Crippen LogP contribution in [-0.4, -0.2) is 29.1 Å². The maximum absolute atomic E-state index is 5.96. The third-order valence-corrected chi connectivity index (χ3v) is 3.85. The van der Waals surface area contributed by atoms with Gasteiger partial charge in [0, 0.05) is 18.5 Å². The van der Waals surface area contributed by atoms with Gasteiger partial charge >= 0.3 is 0 Å². The van der Waals surface area contributed by atoms with Gasteiger partial charge in [-0.1, -0.05) is 18.6 Å². The molecule has 1 saturated heterocycles. The number of nitrogens with two attached hydrogens (primary N) is 1. The van der Waals surface area contributed by atoms with E-state index in [2.05, 4.69) is 21.4 Å². The van der Waals surface area contributed by atoms with Crippen LogP contribution in [0.3, 0.4) is 0 Å². The van der Waals surface area contributed by atoms with Crippen LogP contribution in [-0.2, 0) is 0 Å². The summed E-state index contributed by atoms with van der Waals surface area (Å²) in [6, 6.07) is 8.61. The van der Waals surface area contributed by atoms with Gasteiger partial charge in [-0.05, 0) is 31.5 Å². The van der Waals surface area contributed by atoms with Crippen molar-refractivity contribution in [3.8, 4) is 0 Å². The SMILES string of the molecule is NCC(c1nc2ccccc2[nH]1)C1CCCCN1. The molecule has 1 aliphatic rings. The monoisotopic (exact) mass is 244 g/mol. The van der Waals surface area contributed by atoms with Crippen molar-refractivity contribution < 1.29 is 0 Å². The maximum Gasteiger partial charge on any atom is 0.113 e. The van der Waals surface area contributed by atoms with E-state index in [9.17, 15) is 0 Å². The molecule has 1 aromatic carbocycles. The first-order valence-corrected chi connectivity index (χ1v) is 6.76. The van der Waals surface area contributed by atoms with Crippen LogP contribution in [0.2, 0.25) is 0 Å². The Morgan fingerprint density at radius 3 is 2.94 bits per heavy atom. The molecule has 1 aromatic heterocycles. The Morgan fingerprint density at radius 1 is 1.33 bits per heavy atom. The van der Waals surface area contributed by atoms with Crippen LogP contribution in [0, 0.1) is 0 Å².